The number of thiazole rings is 1. The monoisotopic (exact) mass is 498 g/mol. The van der Waals surface area contributed by atoms with Crippen molar-refractivity contribution in [1.29, 1.82) is 0 Å². The number of hydrogen-bond donors (Lipinski definition) is 0. The van der Waals surface area contributed by atoms with Gasteiger partial charge in [0.05, 0.1) is 25.5 Å². The number of benzene rings is 2. The number of halogens is 2. The number of carbonyl (C=O) groups excluding carboxylic acids is 1. The molecule has 0 bridgehead atoms. The summed E-state index contributed by atoms with van der Waals surface area (Å²) in [5, 5.41) is 2.66. The molecule has 0 saturated carbocycles. The third-order valence-electron chi connectivity index (χ3n) is 5.63. The fraction of sp³-hybridized carbons (Fsp3) is 0.250. The summed E-state index contributed by atoms with van der Waals surface area (Å²) in [5.74, 6) is -1.66. The minimum absolute atomic E-state index is 0.0241. The van der Waals surface area contributed by atoms with Gasteiger partial charge in [-0.3, -0.25) is 9.69 Å². The van der Waals surface area contributed by atoms with Gasteiger partial charge in [-0.1, -0.05) is 12.1 Å². The first-order chi connectivity index (χ1) is 16.2. The predicted molar refractivity (Wildman–Crippen MR) is 131 cm³/mol. The van der Waals surface area contributed by atoms with Gasteiger partial charge < -0.3 is 9.64 Å². The van der Waals surface area contributed by atoms with Crippen LogP contribution in [-0.4, -0.2) is 21.5 Å². The summed E-state index contributed by atoms with van der Waals surface area (Å²) in [4.78, 5) is 23.3. The number of rotatable bonds is 6. The van der Waals surface area contributed by atoms with Crippen molar-refractivity contribution in [3.05, 3.63) is 81.1 Å². The number of hydrogen-bond acceptors (Lipinski definition) is 5. The van der Waals surface area contributed by atoms with E-state index in [0.29, 0.717) is 11.3 Å². The van der Waals surface area contributed by atoms with E-state index in [1.165, 1.54) is 41.4 Å². The van der Waals surface area contributed by atoms with E-state index in [2.05, 4.69) is 9.83 Å². The minimum Gasteiger partial charge on any atom is -0.369 e. The van der Waals surface area contributed by atoms with Gasteiger partial charge in [-0.25, -0.2) is 18.6 Å². The topological polar surface area (TPSA) is 50.0 Å². The van der Waals surface area contributed by atoms with Crippen LogP contribution in [0.1, 0.15) is 30.0 Å². The van der Waals surface area contributed by atoms with Gasteiger partial charge in [0.1, 0.15) is 22.2 Å². The Morgan fingerprint density at radius 3 is 2.65 bits per heavy atom. The van der Waals surface area contributed by atoms with Crippen molar-refractivity contribution in [2.75, 3.05) is 9.80 Å². The van der Waals surface area contributed by atoms with Crippen LogP contribution in [0.5, 0.6) is 0 Å². The standard InChI is InChI=1S/C24H20F2N4O2S2/c1-14-18(27-4)7-8-19(21(14)26)29-22(31)24(2,3)30(23(29)33)16-6-5-15(17(25)11-16)12-32-13-20-28-9-10-34-20/h5-11H,12-13H2,1-3H3. The van der Waals surface area contributed by atoms with E-state index < -0.39 is 23.1 Å². The molecule has 1 amide bonds. The molecule has 6 nitrogen and oxygen atoms in total. The highest BCUT2D eigenvalue weighted by molar-refractivity contribution is 7.81. The van der Waals surface area contributed by atoms with E-state index in [9.17, 15) is 9.18 Å². The molecule has 3 aromatic rings. The molecule has 1 saturated heterocycles. The lowest BCUT2D eigenvalue weighted by molar-refractivity contribution is -0.120. The molecule has 1 aliphatic rings. The van der Waals surface area contributed by atoms with Crippen molar-refractivity contribution >= 4 is 51.6 Å². The minimum atomic E-state index is -1.19. The molecule has 1 aromatic heterocycles. The third-order valence-corrected chi connectivity index (χ3v) is 6.75. The zero-order valence-corrected chi connectivity index (χ0v) is 20.3. The highest BCUT2D eigenvalue weighted by Gasteiger charge is 2.51. The van der Waals surface area contributed by atoms with Gasteiger partial charge >= 0.3 is 0 Å². The highest BCUT2D eigenvalue weighted by atomic mass is 32.1. The van der Waals surface area contributed by atoms with Crippen LogP contribution >= 0.6 is 23.6 Å². The molecule has 4 rings (SSSR count). The quantitative estimate of drug-likeness (QED) is 0.312. The summed E-state index contributed by atoms with van der Waals surface area (Å²) in [6, 6.07) is 7.33. The molecule has 1 aliphatic heterocycles. The summed E-state index contributed by atoms with van der Waals surface area (Å²) >= 11 is 7.01. The van der Waals surface area contributed by atoms with Crippen molar-refractivity contribution in [3.8, 4) is 0 Å². The molecule has 34 heavy (non-hydrogen) atoms. The van der Waals surface area contributed by atoms with Gasteiger partial charge in [0.15, 0.2) is 10.8 Å². The summed E-state index contributed by atoms with van der Waals surface area (Å²) in [6.07, 6.45) is 1.68. The first-order valence-corrected chi connectivity index (χ1v) is 11.6. The normalized spacial score (nSPS) is 15.2. The van der Waals surface area contributed by atoms with E-state index in [-0.39, 0.29) is 35.3 Å². The van der Waals surface area contributed by atoms with Crippen molar-refractivity contribution in [3.63, 3.8) is 0 Å². The number of anilines is 2. The largest absolute Gasteiger partial charge is 0.369 e. The van der Waals surface area contributed by atoms with Gasteiger partial charge in [0, 0.05) is 22.8 Å². The second-order valence-electron chi connectivity index (χ2n) is 8.17. The third kappa shape index (κ3) is 4.07. The van der Waals surface area contributed by atoms with Crippen LogP contribution in [-0.2, 0) is 22.7 Å². The van der Waals surface area contributed by atoms with E-state index in [4.69, 9.17) is 23.5 Å². The molecule has 0 aliphatic carbocycles. The van der Waals surface area contributed by atoms with Crippen molar-refractivity contribution in [2.45, 2.75) is 39.5 Å². The maximum Gasteiger partial charge on any atom is 0.259 e. The SMILES string of the molecule is [C-]#[N+]c1ccc(N2C(=O)C(C)(C)N(c3ccc(COCc4nccs4)c(F)c3)C2=S)c(F)c1C. The summed E-state index contributed by atoms with van der Waals surface area (Å²) in [6.45, 7) is 12.3. The zero-order valence-electron chi connectivity index (χ0n) is 18.6. The Hall–Kier alpha value is -3.26. The Kier molecular flexibility index (Phi) is 6.45. The molecule has 174 valence electrons. The van der Waals surface area contributed by atoms with Crippen LogP contribution in [0.25, 0.3) is 4.85 Å². The second kappa shape index (κ2) is 9.18. The average molecular weight is 499 g/mol. The number of carbonyl (C=O) groups is 1. The van der Waals surface area contributed by atoms with Crippen molar-refractivity contribution in [1.82, 2.24) is 4.98 Å². The fourth-order valence-corrected chi connectivity index (χ4v) is 4.83. The molecule has 10 heteroatoms. The van der Waals surface area contributed by atoms with Crippen LogP contribution in [0.2, 0.25) is 0 Å². The fourth-order valence-electron chi connectivity index (χ4n) is 3.76. The molecular formula is C24H20F2N4O2S2. The average Bonchev–Trinajstić information content (AvgIpc) is 3.37. The van der Waals surface area contributed by atoms with Crippen molar-refractivity contribution in [2.24, 2.45) is 0 Å². The van der Waals surface area contributed by atoms with Gasteiger partial charge in [0.2, 0.25) is 0 Å². The number of nitrogens with zero attached hydrogens (tertiary/aromatic N) is 4. The number of ether oxygens (including phenoxy) is 1. The van der Waals surface area contributed by atoms with Gasteiger partial charge in [-0.05, 0) is 56.8 Å². The van der Waals surface area contributed by atoms with Gasteiger partial charge in [-0.15, -0.1) is 11.3 Å². The number of aromatic nitrogens is 1. The van der Waals surface area contributed by atoms with E-state index in [0.717, 1.165) is 9.91 Å². The van der Waals surface area contributed by atoms with E-state index in [1.807, 2.05) is 5.38 Å². The van der Waals surface area contributed by atoms with Crippen LogP contribution in [0.3, 0.4) is 0 Å². The smallest absolute Gasteiger partial charge is 0.259 e. The summed E-state index contributed by atoms with van der Waals surface area (Å²) in [7, 11) is 0. The van der Waals surface area contributed by atoms with Crippen LogP contribution in [0.4, 0.5) is 25.8 Å². The molecule has 0 unspecified atom stereocenters. The maximum atomic E-state index is 15.1. The first kappa shape index (κ1) is 23.9. The van der Waals surface area contributed by atoms with Crippen LogP contribution in [0.15, 0.2) is 41.9 Å². The molecule has 2 heterocycles. The molecule has 0 radical (unpaired) electrons. The summed E-state index contributed by atoms with van der Waals surface area (Å²) in [5.41, 5.74) is -0.226. The second-order valence-corrected chi connectivity index (χ2v) is 9.51. The Bertz CT molecular complexity index is 1320. The van der Waals surface area contributed by atoms with Crippen molar-refractivity contribution < 1.29 is 18.3 Å². The Balaban J connectivity index is 1.61. The van der Waals surface area contributed by atoms with Crippen LogP contribution < -0.4 is 9.80 Å². The lowest BCUT2D eigenvalue weighted by Crippen LogP contribution is -2.44. The predicted octanol–water partition coefficient (Wildman–Crippen LogP) is 5.91. The number of amides is 1. The van der Waals surface area contributed by atoms with Crippen LogP contribution in [0, 0.1) is 25.1 Å². The molecular weight excluding hydrogens is 478 g/mol. The molecule has 2 aromatic carbocycles. The molecule has 0 atom stereocenters. The van der Waals surface area contributed by atoms with E-state index in [1.54, 1.807) is 32.2 Å². The Labute approximate surface area is 205 Å². The lowest BCUT2D eigenvalue weighted by atomic mass is 10.0. The van der Waals surface area contributed by atoms with E-state index >= 15 is 4.39 Å². The lowest BCUT2D eigenvalue weighted by Gasteiger charge is -2.29. The summed E-state index contributed by atoms with van der Waals surface area (Å²) < 4.78 is 35.5. The highest BCUT2D eigenvalue weighted by Crippen LogP contribution is 2.39. The first-order valence-electron chi connectivity index (χ1n) is 10.3. The maximum absolute atomic E-state index is 15.1. The molecule has 1 fully saturated rings. The Morgan fingerprint density at radius 2 is 2.00 bits per heavy atom. The Morgan fingerprint density at radius 1 is 1.24 bits per heavy atom. The number of thiocarbonyl (C=S) groups is 1. The molecule has 0 spiro atoms. The van der Waals surface area contributed by atoms with Gasteiger partial charge in [0.25, 0.3) is 5.91 Å². The van der Waals surface area contributed by atoms with Gasteiger partial charge in [-0.2, -0.15) is 0 Å². The zero-order chi connectivity index (χ0) is 24.6. The molecule has 0 N–H and O–H groups in total.